The van der Waals surface area contributed by atoms with E-state index in [0.29, 0.717) is 5.92 Å². The fourth-order valence-electron chi connectivity index (χ4n) is 1.65. The highest BCUT2D eigenvalue weighted by Gasteiger charge is 2.02. The minimum absolute atomic E-state index is 0.628. The average molecular weight is 224 g/mol. The van der Waals surface area contributed by atoms with Crippen LogP contribution in [0.4, 0.5) is 0 Å². The van der Waals surface area contributed by atoms with E-state index in [9.17, 15) is 0 Å². The first-order chi connectivity index (χ1) is 7.72. The molecule has 0 spiro atoms. The lowest BCUT2D eigenvalue weighted by atomic mass is 10.2. The van der Waals surface area contributed by atoms with Crippen LogP contribution >= 0.6 is 0 Å². The van der Waals surface area contributed by atoms with Crippen LogP contribution in [0.1, 0.15) is 39.3 Å². The first-order valence-electron chi connectivity index (χ1n) is 6.32. The van der Waals surface area contributed by atoms with Crippen molar-refractivity contribution in [2.45, 2.75) is 46.6 Å². The number of aromatic nitrogens is 3. The Morgan fingerprint density at radius 2 is 2.19 bits per heavy atom. The molecular formula is C12H24N4. The largest absolute Gasteiger partial charge is 0.317 e. The van der Waals surface area contributed by atoms with Crippen LogP contribution in [-0.4, -0.2) is 28.1 Å². The Morgan fingerprint density at radius 3 is 2.88 bits per heavy atom. The molecule has 0 atom stereocenters. The van der Waals surface area contributed by atoms with E-state index in [1.54, 1.807) is 0 Å². The van der Waals surface area contributed by atoms with Gasteiger partial charge in [-0.1, -0.05) is 26.0 Å². The van der Waals surface area contributed by atoms with Gasteiger partial charge in [-0.05, 0) is 38.3 Å². The molecule has 0 amide bonds. The Labute approximate surface area is 98.4 Å². The monoisotopic (exact) mass is 224 g/mol. The molecule has 0 aliphatic carbocycles. The highest BCUT2D eigenvalue weighted by Crippen LogP contribution is 2.03. The summed E-state index contributed by atoms with van der Waals surface area (Å²) in [5, 5.41) is 11.6. The standard InChI is InChI=1S/C12H24N4/c1-4-13-8-6-5-7-12-10-16(15-14-12)9-11(2)3/h10-11,13H,4-9H2,1-3H3. The molecule has 1 aromatic rings. The SMILES string of the molecule is CCNCCCCc1cn(CC(C)C)nn1. The predicted molar refractivity (Wildman–Crippen MR) is 66.3 cm³/mol. The number of nitrogens with zero attached hydrogens (tertiary/aromatic N) is 3. The van der Waals surface area contributed by atoms with Crippen molar-refractivity contribution in [1.82, 2.24) is 20.3 Å². The molecule has 0 aliphatic heterocycles. The van der Waals surface area contributed by atoms with E-state index < -0.39 is 0 Å². The van der Waals surface area contributed by atoms with Crippen LogP contribution in [0.15, 0.2) is 6.20 Å². The van der Waals surface area contributed by atoms with Gasteiger partial charge in [0.25, 0.3) is 0 Å². The summed E-state index contributed by atoms with van der Waals surface area (Å²) in [4.78, 5) is 0. The maximum Gasteiger partial charge on any atom is 0.0827 e. The molecule has 1 heterocycles. The first kappa shape index (κ1) is 13.2. The third-order valence-electron chi connectivity index (χ3n) is 2.42. The number of unbranched alkanes of at least 4 members (excludes halogenated alkanes) is 1. The van der Waals surface area contributed by atoms with Gasteiger partial charge < -0.3 is 5.32 Å². The zero-order valence-electron chi connectivity index (χ0n) is 10.7. The van der Waals surface area contributed by atoms with Gasteiger partial charge in [-0.2, -0.15) is 0 Å². The van der Waals surface area contributed by atoms with Crippen LogP contribution in [-0.2, 0) is 13.0 Å². The lowest BCUT2D eigenvalue weighted by molar-refractivity contribution is 0.472. The topological polar surface area (TPSA) is 42.7 Å². The fourth-order valence-corrected chi connectivity index (χ4v) is 1.65. The molecule has 0 saturated heterocycles. The fraction of sp³-hybridized carbons (Fsp3) is 0.833. The molecule has 1 N–H and O–H groups in total. The lowest BCUT2D eigenvalue weighted by Crippen LogP contribution is -2.13. The van der Waals surface area contributed by atoms with Crippen molar-refractivity contribution in [3.63, 3.8) is 0 Å². The van der Waals surface area contributed by atoms with Crippen LogP contribution in [0.25, 0.3) is 0 Å². The molecule has 0 radical (unpaired) electrons. The zero-order chi connectivity index (χ0) is 11.8. The molecule has 0 bridgehead atoms. The number of hydrogen-bond acceptors (Lipinski definition) is 3. The normalized spacial score (nSPS) is 11.2. The van der Waals surface area contributed by atoms with E-state index in [1.165, 1.54) is 12.8 Å². The van der Waals surface area contributed by atoms with Gasteiger partial charge in [0.05, 0.1) is 5.69 Å². The quantitative estimate of drug-likeness (QED) is 0.685. The Hall–Kier alpha value is -0.900. The van der Waals surface area contributed by atoms with Crippen molar-refractivity contribution in [3.05, 3.63) is 11.9 Å². The Balaban J connectivity index is 2.19. The Bertz CT molecular complexity index is 280. The first-order valence-corrected chi connectivity index (χ1v) is 6.32. The van der Waals surface area contributed by atoms with Gasteiger partial charge >= 0.3 is 0 Å². The van der Waals surface area contributed by atoms with Gasteiger partial charge in [0.2, 0.25) is 0 Å². The van der Waals surface area contributed by atoms with Crippen molar-refractivity contribution < 1.29 is 0 Å². The number of aryl methyl sites for hydroxylation is 1. The van der Waals surface area contributed by atoms with Crippen molar-refractivity contribution in [3.8, 4) is 0 Å². The molecule has 1 rings (SSSR count). The van der Waals surface area contributed by atoms with Gasteiger partial charge in [0.15, 0.2) is 0 Å². The zero-order valence-corrected chi connectivity index (χ0v) is 10.7. The summed E-state index contributed by atoms with van der Waals surface area (Å²) in [6, 6.07) is 0. The predicted octanol–water partition coefficient (Wildman–Crippen LogP) is 1.87. The van der Waals surface area contributed by atoms with Gasteiger partial charge in [-0.3, -0.25) is 4.68 Å². The summed E-state index contributed by atoms with van der Waals surface area (Å²) < 4.78 is 1.95. The van der Waals surface area contributed by atoms with E-state index in [4.69, 9.17) is 0 Å². The van der Waals surface area contributed by atoms with E-state index in [1.807, 2.05) is 4.68 Å². The van der Waals surface area contributed by atoms with E-state index in [0.717, 1.165) is 31.7 Å². The van der Waals surface area contributed by atoms with Crippen LogP contribution in [0, 0.1) is 5.92 Å². The third-order valence-corrected chi connectivity index (χ3v) is 2.42. The second-order valence-corrected chi connectivity index (χ2v) is 4.64. The highest BCUT2D eigenvalue weighted by molar-refractivity contribution is 4.92. The second-order valence-electron chi connectivity index (χ2n) is 4.64. The second kappa shape index (κ2) is 7.39. The molecule has 0 aromatic carbocycles. The van der Waals surface area contributed by atoms with E-state index in [-0.39, 0.29) is 0 Å². The molecule has 0 saturated carbocycles. The van der Waals surface area contributed by atoms with Crippen molar-refractivity contribution in [1.29, 1.82) is 0 Å². The summed E-state index contributed by atoms with van der Waals surface area (Å²) >= 11 is 0. The van der Waals surface area contributed by atoms with Crippen molar-refractivity contribution in [2.24, 2.45) is 5.92 Å². The molecule has 16 heavy (non-hydrogen) atoms. The molecule has 0 fully saturated rings. The molecule has 0 unspecified atom stereocenters. The van der Waals surface area contributed by atoms with Gasteiger partial charge in [0, 0.05) is 12.7 Å². The smallest absolute Gasteiger partial charge is 0.0827 e. The molecular weight excluding hydrogens is 200 g/mol. The van der Waals surface area contributed by atoms with Gasteiger partial charge in [-0.25, -0.2) is 0 Å². The van der Waals surface area contributed by atoms with E-state index >= 15 is 0 Å². The summed E-state index contributed by atoms with van der Waals surface area (Å²) in [5.41, 5.74) is 1.12. The van der Waals surface area contributed by atoms with Gasteiger partial charge in [0.1, 0.15) is 0 Å². The van der Waals surface area contributed by atoms with Crippen LogP contribution in [0.5, 0.6) is 0 Å². The summed E-state index contributed by atoms with van der Waals surface area (Å²) in [7, 11) is 0. The molecule has 4 heteroatoms. The Morgan fingerprint density at radius 1 is 1.38 bits per heavy atom. The summed E-state index contributed by atoms with van der Waals surface area (Å²) in [5.74, 6) is 0.628. The summed E-state index contributed by atoms with van der Waals surface area (Å²) in [6.07, 6.45) is 5.52. The molecule has 0 aliphatic rings. The minimum atomic E-state index is 0.628. The molecule has 92 valence electrons. The van der Waals surface area contributed by atoms with Crippen LogP contribution in [0.2, 0.25) is 0 Å². The maximum atomic E-state index is 4.18. The molecule has 4 nitrogen and oxygen atoms in total. The van der Waals surface area contributed by atoms with Crippen molar-refractivity contribution >= 4 is 0 Å². The average Bonchev–Trinajstić information content (AvgIpc) is 2.64. The van der Waals surface area contributed by atoms with Gasteiger partial charge in [-0.15, -0.1) is 5.10 Å². The lowest BCUT2D eigenvalue weighted by Gasteiger charge is -2.02. The van der Waals surface area contributed by atoms with E-state index in [2.05, 4.69) is 42.6 Å². The van der Waals surface area contributed by atoms with Crippen molar-refractivity contribution in [2.75, 3.05) is 13.1 Å². The van der Waals surface area contributed by atoms with Crippen LogP contribution < -0.4 is 5.32 Å². The number of rotatable bonds is 8. The maximum absolute atomic E-state index is 4.18. The third kappa shape index (κ3) is 5.26. The highest BCUT2D eigenvalue weighted by atomic mass is 15.4. The number of hydrogen-bond donors (Lipinski definition) is 1. The Kier molecular flexibility index (Phi) is 6.08. The summed E-state index contributed by atoms with van der Waals surface area (Å²) in [6.45, 7) is 9.65. The number of nitrogens with one attached hydrogen (secondary N) is 1. The minimum Gasteiger partial charge on any atom is -0.317 e. The molecule has 1 aromatic heterocycles. The van der Waals surface area contributed by atoms with Crippen LogP contribution in [0.3, 0.4) is 0 Å².